The predicted octanol–water partition coefficient (Wildman–Crippen LogP) is 5.91. The van der Waals surface area contributed by atoms with Gasteiger partial charge in [-0.05, 0) is 72.7 Å². The Kier molecular flexibility index (Phi) is 13.2. The van der Waals surface area contributed by atoms with Gasteiger partial charge in [0.05, 0.1) is 30.4 Å². The highest BCUT2D eigenvalue weighted by atomic mass is 32.2. The van der Waals surface area contributed by atoms with Crippen LogP contribution in [-0.4, -0.2) is 74.2 Å². The molecule has 5 aromatic rings. The number of rotatable bonds is 14. The van der Waals surface area contributed by atoms with Gasteiger partial charge in [0.15, 0.2) is 6.29 Å². The second-order valence-corrected chi connectivity index (χ2v) is 18.4. The number of benzene rings is 5. The molecule has 5 atom stereocenters. The van der Waals surface area contributed by atoms with Crippen molar-refractivity contribution in [3.63, 3.8) is 0 Å². The van der Waals surface area contributed by atoms with E-state index in [-0.39, 0.29) is 48.5 Å². The van der Waals surface area contributed by atoms with Gasteiger partial charge in [0.1, 0.15) is 11.6 Å². The van der Waals surface area contributed by atoms with Gasteiger partial charge in [0.2, 0.25) is 21.8 Å². The van der Waals surface area contributed by atoms with E-state index in [2.05, 4.69) is 44.2 Å². The highest BCUT2D eigenvalue weighted by Crippen LogP contribution is 2.43. The van der Waals surface area contributed by atoms with Crippen molar-refractivity contribution in [1.82, 2.24) is 20.3 Å². The average Bonchev–Trinajstić information content (AvgIpc) is 3.61. The molecule has 0 saturated carbocycles. The van der Waals surface area contributed by atoms with E-state index in [1.54, 1.807) is 12.1 Å². The lowest BCUT2D eigenvalue weighted by Gasteiger charge is -2.46. The zero-order valence-electron chi connectivity index (χ0n) is 35.2. The van der Waals surface area contributed by atoms with Crippen molar-refractivity contribution in [2.24, 2.45) is 5.92 Å². The van der Waals surface area contributed by atoms with Crippen LogP contribution in [0.1, 0.15) is 65.5 Å². The molecule has 4 N–H and O–H groups in total. The molecule has 3 aliphatic rings. The Bertz CT molecular complexity index is 2390. The molecule has 8 rings (SSSR count). The smallest absolute Gasteiger partial charge is 0.247 e. The molecule has 3 heterocycles. The lowest BCUT2D eigenvalue weighted by molar-refractivity contribution is -0.276. The molecule has 324 valence electrons. The summed E-state index contributed by atoms with van der Waals surface area (Å²) >= 11 is 0. The van der Waals surface area contributed by atoms with Crippen molar-refractivity contribution in [3.8, 4) is 0 Å². The minimum absolute atomic E-state index is 0.0144. The highest BCUT2D eigenvalue weighted by Gasteiger charge is 2.51. The zero-order chi connectivity index (χ0) is 43.3. The predicted molar refractivity (Wildman–Crippen MR) is 237 cm³/mol. The quantitative estimate of drug-likeness (QED) is 0.107. The van der Waals surface area contributed by atoms with E-state index in [1.165, 1.54) is 12.1 Å². The first kappa shape index (κ1) is 43.2. The topological polar surface area (TPSA) is 150 Å². The van der Waals surface area contributed by atoms with Gasteiger partial charge in [-0.1, -0.05) is 122 Å². The molecular weight excluding hydrogens is 803 g/mol. The van der Waals surface area contributed by atoms with Gasteiger partial charge < -0.3 is 35.0 Å². The number of sulfonamides is 1. The van der Waals surface area contributed by atoms with E-state index < -0.39 is 33.8 Å². The van der Waals surface area contributed by atoms with Crippen LogP contribution >= 0.6 is 0 Å². The van der Waals surface area contributed by atoms with Gasteiger partial charge in [0.25, 0.3) is 0 Å². The molecule has 3 saturated heterocycles. The maximum Gasteiger partial charge on any atom is 0.247 e. The summed E-state index contributed by atoms with van der Waals surface area (Å²) in [7, 11) is -3.98. The summed E-state index contributed by atoms with van der Waals surface area (Å²) in [6.07, 6.45) is 0.405. The number of carbonyl (C=O) groups is 2. The monoisotopic (exact) mass is 857 g/mol. The van der Waals surface area contributed by atoms with Crippen molar-refractivity contribution in [2.75, 3.05) is 31.2 Å². The average molecular weight is 858 g/mol. The molecule has 2 amide bonds. The Hall–Kier alpha value is -5.41. The van der Waals surface area contributed by atoms with E-state index in [4.69, 9.17) is 9.47 Å². The molecule has 5 aromatic carbocycles. The number of likely N-dealkylation sites (tertiary alicyclic amines) is 1. The van der Waals surface area contributed by atoms with Crippen LogP contribution in [0, 0.1) is 12.8 Å². The van der Waals surface area contributed by atoms with Gasteiger partial charge in [0, 0.05) is 43.3 Å². The molecule has 0 bridgehead atoms. The number of hydrogen-bond donors (Lipinski definition) is 4. The molecule has 13 heteroatoms. The van der Waals surface area contributed by atoms with E-state index in [0.717, 1.165) is 52.2 Å². The number of nitrogens with zero attached hydrogens (tertiary/aromatic N) is 2. The number of ether oxygens (including phenoxy) is 2. The number of aliphatic hydroxyl groups excluding tert-OH is 1. The van der Waals surface area contributed by atoms with Crippen molar-refractivity contribution in [2.45, 2.75) is 81.2 Å². The first-order valence-corrected chi connectivity index (χ1v) is 22.8. The molecule has 12 nitrogen and oxygen atoms in total. The Morgan fingerprint density at radius 1 is 0.823 bits per heavy atom. The molecule has 3 fully saturated rings. The molecule has 1 spiro atoms. The Morgan fingerprint density at radius 3 is 2.11 bits per heavy atom. The fourth-order valence-electron chi connectivity index (χ4n) is 8.84. The minimum atomic E-state index is -3.98. The molecule has 62 heavy (non-hydrogen) atoms. The van der Waals surface area contributed by atoms with Crippen LogP contribution in [0.25, 0.3) is 0 Å². The van der Waals surface area contributed by atoms with Crippen LogP contribution < -0.4 is 20.3 Å². The maximum atomic E-state index is 13.7. The number of hydrogen-bond acceptors (Lipinski definition) is 9. The summed E-state index contributed by atoms with van der Waals surface area (Å²) in [5, 5.41) is 15.8. The molecule has 1 unspecified atom stereocenters. The van der Waals surface area contributed by atoms with Gasteiger partial charge >= 0.3 is 0 Å². The third-order valence-electron chi connectivity index (χ3n) is 12.6. The Morgan fingerprint density at radius 2 is 1.45 bits per heavy atom. The van der Waals surface area contributed by atoms with Crippen LogP contribution in [0.2, 0.25) is 0 Å². The standard InChI is InChI=1S/C49H55N5O7S/c1-34-13-23-42(24-14-34)62(58,59)52-43(29-36-9-5-3-6-10-36)46(56)50-30-37-15-21-40(22-16-37)47-60-44(35(2)45(61-47)39-19-17-38(32-55)18-20-39)31-53-27-25-49(26-28-53)48(57)51-33-54(49)41-11-7-4-8-12-41/h3-24,35,43-45,47,52,55H,25-33H2,1-2H3,(H,50,56)(H,51,57)/t35-,43+,44+,45+,47?/m0/s1. The molecule has 0 radical (unpaired) electrons. The molecule has 0 aliphatic carbocycles. The number of para-hydroxylation sites is 1. The first-order chi connectivity index (χ1) is 30.0. The number of carbonyl (C=O) groups excluding carboxylic acids is 2. The van der Waals surface area contributed by atoms with E-state index >= 15 is 0 Å². The highest BCUT2D eigenvalue weighted by molar-refractivity contribution is 7.89. The number of anilines is 1. The van der Waals surface area contributed by atoms with E-state index in [9.17, 15) is 23.1 Å². The van der Waals surface area contributed by atoms with Crippen LogP contribution in [0.15, 0.2) is 138 Å². The van der Waals surface area contributed by atoms with Crippen LogP contribution in [0.5, 0.6) is 0 Å². The number of nitrogens with one attached hydrogen (secondary N) is 3. The van der Waals surface area contributed by atoms with Crippen molar-refractivity contribution < 1.29 is 32.6 Å². The zero-order valence-corrected chi connectivity index (χ0v) is 36.0. The van der Waals surface area contributed by atoms with Crippen molar-refractivity contribution in [3.05, 3.63) is 167 Å². The lowest BCUT2D eigenvalue weighted by Crippen LogP contribution is -2.57. The second kappa shape index (κ2) is 18.9. The van der Waals surface area contributed by atoms with Crippen LogP contribution in [0.4, 0.5) is 5.69 Å². The lowest BCUT2D eigenvalue weighted by atomic mass is 9.84. The summed E-state index contributed by atoms with van der Waals surface area (Å²) in [6, 6.07) is 40.5. The third kappa shape index (κ3) is 9.63. The molecule has 3 aliphatic heterocycles. The SMILES string of the molecule is Cc1ccc(S(=O)(=O)N[C@H](Cc2ccccc2)C(=O)NCc2ccc(C3O[C@H](CN4CCC5(CC4)C(=O)NCN5c4ccccc4)[C@H](C)[C@H](c4ccc(CO)cc4)O3)cc2)cc1. The minimum Gasteiger partial charge on any atom is -0.392 e. The van der Waals surface area contributed by atoms with Gasteiger partial charge in [-0.3, -0.25) is 9.59 Å². The Balaban J connectivity index is 0.952. The van der Waals surface area contributed by atoms with Crippen molar-refractivity contribution in [1.29, 1.82) is 0 Å². The van der Waals surface area contributed by atoms with Crippen molar-refractivity contribution >= 4 is 27.5 Å². The number of aliphatic hydroxyl groups is 1. The summed E-state index contributed by atoms with van der Waals surface area (Å²) in [6.45, 7) is 6.81. The second-order valence-electron chi connectivity index (χ2n) is 16.7. The van der Waals surface area contributed by atoms with Crippen LogP contribution in [0.3, 0.4) is 0 Å². The molecular formula is C49H55N5O7S. The van der Waals surface area contributed by atoms with Gasteiger partial charge in [-0.2, -0.15) is 4.72 Å². The van der Waals surface area contributed by atoms with Crippen LogP contribution in [-0.2, 0) is 48.7 Å². The first-order valence-electron chi connectivity index (χ1n) is 21.3. The van der Waals surface area contributed by atoms with E-state index in [1.807, 2.05) is 104 Å². The fraction of sp³-hybridized carbons (Fsp3) is 0.347. The third-order valence-corrected chi connectivity index (χ3v) is 14.1. The van der Waals surface area contributed by atoms with Gasteiger partial charge in [-0.15, -0.1) is 0 Å². The summed E-state index contributed by atoms with van der Waals surface area (Å²) in [5.74, 6) is -0.371. The summed E-state index contributed by atoms with van der Waals surface area (Å²) in [4.78, 5) is 31.8. The van der Waals surface area contributed by atoms with Gasteiger partial charge in [-0.25, -0.2) is 8.42 Å². The number of aryl methyl sites for hydroxylation is 1. The fourth-order valence-corrected chi connectivity index (χ4v) is 10.0. The van der Waals surface area contributed by atoms with E-state index in [0.29, 0.717) is 26.1 Å². The maximum absolute atomic E-state index is 13.7. The number of piperidine rings is 1. The summed E-state index contributed by atoms with van der Waals surface area (Å²) in [5.41, 5.74) is 5.67. The number of amides is 2. The Labute approximate surface area is 364 Å². The normalized spacial score (nSPS) is 22.0. The largest absolute Gasteiger partial charge is 0.392 e. The molecule has 0 aromatic heterocycles. The summed E-state index contributed by atoms with van der Waals surface area (Å²) < 4.78 is 43.0.